The van der Waals surface area contributed by atoms with Gasteiger partial charge in [0.1, 0.15) is 0 Å². The van der Waals surface area contributed by atoms with Crippen molar-refractivity contribution < 1.29 is 14.4 Å². The first-order valence-electron chi connectivity index (χ1n) is 11.8. The SMILES string of the molecule is O=C(CC1CCCC1)N1CCN(C(=O)C2CCN(C(=O)Nc3ccccc3)CC2)CC1. The Balaban J connectivity index is 1.19. The number of piperazine rings is 1. The largest absolute Gasteiger partial charge is 0.339 e. The number of nitrogens with one attached hydrogen (secondary N) is 1. The van der Waals surface area contributed by atoms with Crippen molar-refractivity contribution in [3.05, 3.63) is 30.3 Å². The van der Waals surface area contributed by atoms with E-state index in [2.05, 4.69) is 5.32 Å². The summed E-state index contributed by atoms with van der Waals surface area (Å²) in [6.07, 6.45) is 6.96. The van der Waals surface area contributed by atoms with Crippen molar-refractivity contribution in [2.45, 2.75) is 44.9 Å². The van der Waals surface area contributed by atoms with Gasteiger partial charge in [-0.2, -0.15) is 0 Å². The van der Waals surface area contributed by atoms with Crippen LogP contribution in [0.2, 0.25) is 0 Å². The van der Waals surface area contributed by atoms with Crippen molar-refractivity contribution in [3.8, 4) is 0 Å². The van der Waals surface area contributed by atoms with Crippen LogP contribution in [0, 0.1) is 11.8 Å². The molecule has 1 saturated carbocycles. The molecule has 2 heterocycles. The molecule has 1 aromatic carbocycles. The average molecular weight is 427 g/mol. The molecular formula is C24H34N4O3. The van der Waals surface area contributed by atoms with Crippen LogP contribution in [0.1, 0.15) is 44.9 Å². The number of anilines is 1. The number of amides is 4. The fourth-order valence-corrected chi connectivity index (χ4v) is 5.08. The van der Waals surface area contributed by atoms with Crippen molar-refractivity contribution in [1.29, 1.82) is 0 Å². The van der Waals surface area contributed by atoms with Crippen LogP contribution >= 0.6 is 0 Å². The standard InChI is InChI=1S/C24H34N4O3/c29-22(18-19-6-4-5-7-19)26-14-16-27(17-15-26)23(30)20-10-12-28(13-11-20)24(31)25-21-8-2-1-3-9-21/h1-3,8-9,19-20H,4-7,10-18H2,(H,25,31). The number of para-hydroxylation sites is 1. The Kier molecular flexibility index (Phi) is 7.10. The van der Waals surface area contributed by atoms with Gasteiger partial charge in [-0.25, -0.2) is 4.79 Å². The highest BCUT2D eigenvalue weighted by Crippen LogP contribution is 2.28. The van der Waals surface area contributed by atoms with Crippen LogP contribution in [-0.2, 0) is 9.59 Å². The fraction of sp³-hybridized carbons (Fsp3) is 0.625. The molecule has 0 spiro atoms. The van der Waals surface area contributed by atoms with E-state index in [-0.39, 0.29) is 23.8 Å². The predicted octanol–water partition coefficient (Wildman–Crippen LogP) is 3.18. The number of urea groups is 1. The highest BCUT2D eigenvalue weighted by atomic mass is 16.2. The van der Waals surface area contributed by atoms with Crippen LogP contribution in [0.5, 0.6) is 0 Å². The summed E-state index contributed by atoms with van der Waals surface area (Å²) in [5.74, 6) is 0.987. The summed E-state index contributed by atoms with van der Waals surface area (Å²) in [5.41, 5.74) is 0.783. The summed E-state index contributed by atoms with van der Waals surface area (Å²) >= 11 is 0. The fourth-order valence-electron chi connectivity index (χ4n) is 5.08. The molecule has 7 nitrogen and oxygen atoms in total. The monoisotopic (exact) mass is 426 g/mol. The molecule has 0 bridgehead atoms. The quantitative estimate of drug-likeness (QED) is 0.804. The molecule has 1 aromatic rings. The number of likely N-dealkylation sites (tertiary alicyclic amines) is 1. The number of piperidine rings is 1. The van der Waals surface area contributed by atoms with Gasteiger partial charge in [-0.15, -0.1) is 0 Å². The number of carbonyl (C=O) groups is 3. The van der Waals surface area contributed by atoms with Gasteiger partial charge < -0.3 is 20.0 Å². The summed E-state index contributed by atoms with van der Waals surface area (Å²) in [5, 5.41) is 2.91. The van der Waals surface area contributed by atoms with Crippen LogP contribution < -0.4 is 5.32 Å². The first kappa shape index (κ1) is 21.7. The average Bonchev–Trinajstić information content (AvgIpc) is 3.32. The molecule has 0 unspecified atom stereocenters. The van der Waals surface area contributed by atoms with Crippen LogP contribution in [0.4, 0.5) is 10.5 Å². The molecule has 168 valence electrons. The number of hydrogen-bond donors (Lipinski definition) is 1. The van der Waals surface area contributed by atoms with Gasteiger partial charge in [0.05, 0.1) is 0 Å². The van der Waals surface area contributed by atoms with Gasteiger partial charge in [0.2, 0.25) is 11.8 Å². The van der Waals surface area contributed by atoms with Crippen LogP contribution in [-0.4, -0.2) is 71.8 Å². The summed E-state index contributed by atoms with van der Waals surface area (Å²) < 4.78 is 0. The van der Waals surface area contributed by atoms with Crippen LogP contribution in [0.25, 0.3) is 0 Å². The Bertz CT molecular complexity index is 762. The second kappa shape index (κ2) is 10.2. The molecule has 7 heteroatoms. The van der Waals surface area contributed by atoms with Crippen molar-refractivity contribution in [2.24, 2.45) is 11.8 Å². The Morgan fingerprint density at radius 1 is 0.774 bits per heavy atom. The van der Waals surface area contributed by atoms with E-state index in [0.29, 0.717) is 64.4 Å². The van der Waals surface area contributed by atoms with Crippen molar-refractivity contribution in [3.63, 3.8) is 0 Å². The number of carbonyl (C=O) groups excluding carboxylic acids is 3. The molecule has 0 atom stereocenters. The van der Waals surface area contributed by atoms with Gasteiger partial charge in [-0.05, 0) is 43.7 Å². The maximum atomic E-state index is 13.0. The molecule has 3 aliphatic rings. The van der Waals surface area contributed by atoms with E-state index >= 15 is 0 Å². The van der Waals surface area contributed by atoms with Gasteiger partial charge in [0.25, 0.3) is 0 Å². The normalized spacial score (nSPS) is 20.7. The summed E-state index contributed by atoms with van der Waals surface area (Å²) in [4.78, 5) is 43.6. The lowest BCUT2D eigenvalue weighted by Crippen LogP contribution is -2.53. The zero-order chi connectivity index (χ0) is 21.6. The Hall–Kier alpha value is -2.57. The van der Waals surface area contributed by atoms with Gasteiger partial charge in [-0.3, -0.25) is 9.59 Å². The lowest BCUT2D eigenvalue weighted by Gasteiger charge is -2.38. The molecular weight excluding hydrogens is 392 g/mol. The zero-order valence-corrected chi connectivity index (χ0v) is 18.3. The number of nitrogens with zero attached hydrogens (tertiary/aromatic N) is 3. The molecule has 0 aromatic heterocycles. The van der Waals surface area contributed by atoms with Gasteiger partial charge in [0.15, 0.2) is 0 Å². The van der Waals surface area contributed by atoms with Crippen molar-refractivity contribution in [1.82, 2.24) is 14.7 Å². The van der Waals surface area contributed by atoms with Gasteiger partial charge in [-0.1, -0.05) is 31.0 Å². The molecule has 0 radical (unpaired) electrons. The van der Waals surface area contributed by atoms with Gasteiger partial charge in [0, 0.05) is 57.3 Å². The molecule has 2 aliphatic heterocycles. The zero-order valence-electron chi connectivity index (χ0n) is 18.3. The molecule has 3 fully saturated rings. The van der Waals surface area contributed by atoms with E-state index in [1.165, 1.54) is 25.7 Å². The molecule has 1 N–H and O–H groups in total. The second-order valence-corrected chi connectivity index (χ2v) is 9.12. The molecule has 2 saturated heterocycles. The smallest absolute Gasteiger partial charge is 0.321 e. The summed E-state index contributed by atoms with van der Waals surface area (Å²) in [7, 11) is 0. The van der Waals surface area contributed by atoms with Crippen molar-refractivity contribution >= 4 is 23.5 Å². The topological polar surface area (TPSA) is 73.0 Å². The van der Waals surface area contributed by atoms with E-state index in [0.717, 1.165) is 5.69 Å². The first-order chi connectivity index (χ1) is 15.1. The molecule has 4 rings (SSSR count). The third-order valence-corrected chi connectivity index (χ3v) is 7.04. The minimum absolute atomic E-state index is 0.0264. The van der Waals surface area contributed by atoms with Gasteiger partial charge >= 0.3 is 6.03 Å². The summed E-state index contributed by atoms with van der Waals surface area (Å²) in [6, 6.07) is 9.33. The van der Waals surface area contributed by atoms with E-state index < -0.39 is 0 Å². The minimum Gasteiger partial charge on any atom is -0.339 e. The van der Waals surface area contributed by atoms with Crippen molar-refractivity contribution in [2.75, 3.05) is 44.6 Å². The lowest BCUT2D eigenvalue weighted by molar-refractivity contribution is -0.143. The Labute approximate surface area is 184 Å². The van der Waals surface area contributed by atoms with E-state index in [9.17, 15) is 14.4 Å². The first-order valence-corrected chi connectivity index (χ1v) is 11.8. The molecule has 31 heavy (non-hydrogen) atoms. The maximum Gasteiger partial charge on any atom is 0.321 e. The number of rotatable bonds is 4. The van der Waals surface area contributed by atoms with Crippen LogP contribution in [0.15, 0.2) is 30.3 Å². The number of benzene rings is 1. The lowest BCUT2D eigenvalue weighted by atomic mass is 9.95. The Morgan fingerprint density at radius 3 is 2.03 bits per heavy atom. The van der Waals surface area contributed by atoms with E-state index in [4.69, 9.17) is 0 Å². The van der Waals surface area contributed by atoms with E-state index in [1.54, 1.807) is 4.90 Å². The number of hydrogen-bond acceptors (Lipinski definition) is 3. The third kappa shape index (κ3) is 5.57. The maximum absolute atomic E-state index is 13.0. The molecule has 1 aliphatic carbocycles. The highest BCUT2D eigenvalue weighted by Gasteiger charge is 2.33. The van der Waals surface area contributed by atoms with Crippen LogP contribution in [0.3, 0.4) is 0 Å². The minimum atomic E-state index is -0.105. The third-order valence-electron chi connectivity index (χ3n) is 7.04. The predicted molar refractivity (Wildman–Crippen MR) is 119 cm³/mol. The highest BCUT2D eigenvalue weighted by molar-refractivity contribution is 5.89. The summed E-state index contributed by atoms with van der Waals surface area (Å²) in [6.45, 7) is 3.74. The Morgan fingerprint density at radius 2 is 1.39 bits per heavy atom. The second-order valence-electron chi connectivity index (χ2n) is 9.12. The molecule has 4 amide bonds. The van der Waals surface area contributed by atoms with E-state index in [1.807, 2.05) is 40.1 Å².